The molecule has 1 aliphatic heterocycles. The monoisotopic (exact) mass is 308 g/mol. The van der Waals surface area contributed by atoms with E-state index in [0.29, 0.717) is 18.9 Å². The number of aromatic nitrogens is 2. The first kappa shape index (κ1) is 18.2. The van der Waals surface area contributed by atoms with Gasteiger partial charge in [0.2, 0.25) is 5.91 Å². The van der Waals surface area contributed by atoms with Crippen molar-refractivity contribution in [2.45, 2.75) is 32.4 Å². The first-order valence-corrected chi connectivity index (χ1v) is 6.21. The molecule has 1 amide bonds. The third-order valence-corrected chi connectivity index (χ3v) is 3.33. The fourth-order valence-electron chi connectivity index (χ4n) is 2.11. The summed E-state index contributed by atoms with van der Waals surface area (Å²) in [4.78, 5) is 15.7. The Bertz CT molecular complexity index is 359. The molecule has 0 aliphatic carbocycles. The molecule has 0 aromatic carbocycles. The van der Waals surface area contributed by atoms with Crippen molar-refractivity contribution in [3.8, 4) is 0 Å². The third-order valence-electron chi connectivity index (χ3n) is 3.33. The van der Waals surface area contributed by atoms with Gasteiger partial charge < -0.3 is 15.2 Å². The van der Waals surface area contributed by atoms with E-state index in [-0.39, 0.29) is 36.8 Å². The van der Waals surface area contributed by atoms with Gasteiger partial charge in [0.05, 0.1) is 6.33 Å². The van der Waals surface area contributed by atoms with Crippen LogP contribution in [0.25, 0.3) is 0 Å². The summed E-state index contributed by atoms with van der Waals surface area (Å²) in [6.45, 7) is 4.84. The average Bonchev–Trinajstić information content (AvgIpc) is 2.82. The van der Waals surface area contributed by atoms with E-state index in [9.17, 15) is 4.79 Å². The van der Waals surface area contributed by atoms with E-state index in [0.717, 1.165) is 19.5 Å². The number of rotatable bonds is 4. The molecule has 1 saturated heterocycles. The number of aryl methyl sites for hydroxylation is 1. The number of hydrogen-bond acceptors (Lipinski definition) is 3. The maximum absolute atomic E-state index is 11.8. The molecule has 5 nitrogen and oxygen atoms in total. The van der Waals surface area contributed by atoms with Gasteiger partial charge in [0.1, 0.15) is 0 Å². The zero-order chi connectivity index (χ0) is 12.1. The predicted octanol–water partition coefficient (Wildman–Crippen LogP) is 1.23. The average molecular weight is 309 g/mol. The van der Waals surface area contributed by atoms with Crippen LogP contribution < -0.4 is 10.6 Å². The van der Waals surface area contributed by atoms with E-state index < -0.39 is 0 Å². The molecule has 0 radical (unpaired) electrons. The zero-order valence-electron chi connectivity index (χ0n) is 11.0. The first-order valence-electron chi connectivity index (χ1n) is 6.21. The van der Waals surface area contributed by atoms with Crippen molar-refractivity contribution < 1.29 is 4.79 Å². The largest absolute Gasteiger partial charge is 0.352 e. The molecule has 110 valence electrons. The lowest BCUT2D eigenvalue weighted by atomic mass is 9.95. The van der Waals surface area contributed by atoms with Crippen LogP contribution in [0.1, 0.15) is 19.8 Å². The van der Waals surface area contributed by atoms with Crippen molar-refractivity contribution in [3.05, 3.63) is 18.7 Å². The minimum absolute atomic E-state index is 0. The van der Waals surface area contributed by atoms with Crippen molar-refractivity contribution in [2.24, 2.45) is 5.92 Å². The van der Waals surface area contributed by atoms with Gasteiger partial charge in [-0.1, -0.05) is 6.92 Å². The molecule has 1 aromatic rings. The van der Waals surface area contributed by atoms with Gasteiger partial charge in [-0.3, -0.25) is 4.79 Å². The van der Waals surface area contributed by atoms with Gasteiger partial charge in [-0.05, 0) is 18.9 Å². The van der Waals surface area contributed by atoms with Crippen LogP contribution in [-0.2, 0) is 11.3 Å². The number of nitrogens with zero attached hydrogens (tertiary/aromatic N) is 2. The topological polar surface area (TPSA) is 58.9 Å². The SMILES string of the molecule is CC1CCNCC1NC(=O)CCn1ccnc1.Cl.Cl. The number of halogens is 2. The van der Waals surface area contributed by atoms with Gasteiger partial charge in [-0.2, -0.15) is 0 Å². The highest BCUT2D eigenvalue weighted by molar-refractivity contribution is 5.85. The lowest BCUT2D eigenvalue weighted by Gasteiger charge is -2.30. The smallest absolute Gasteiger partial charge is 0.222 e. The molecule has 0 saturated carbocycles. The number of nitrogens with one attached hydrogen (secondary N) is 2. The number of piperidine rings is 1. The van der Waals surface area contributed by atoms with E-state index in [1.54, 1.807) is 12.5 Å². The molecule has 0 bridgehead atoms. The van der Waals surface area contributed by atoms with E-state index in [2.05, 4.69) is 22.5 Å². The quantitative estimate of drug-likeness (QED) is 0.879. The molecular weight excluding hydrogens is 287 g/mol. The van der Waals surface area contributed by atoms with Crippen LogP contribution >= 0.6 is 24.8 Å². The van der Waals surface area contributed by atoms with E-state index in [1.165, 1.54) is 0 Å². The highest BCUT2D eigenvalue weighted by Crippen LogP contribution is 2.11. The van der Waals surface area contributed by atoms with Crippen LogP contribution in [0.5, 0.6) is 0 Å². The summed E-state index contributed by atoms with van der Waals surface area (Å²) in [7, 11) is 0. The first-order chi connectivity index (χ1) is 8.25. The van der Waals surface area contributed by atoms with Crippen molar-refractivity contribution >= 4 is 30.7 Å². The molecule has 2 unspecified atom stereocenters. The van der Waals surface area contributed by atoms with Gasteiger partial charge in [0, 0.05) is 37.9 Å². The van der Waals surface area contributed by atoms with Gasteiger partial charge in [0.15, 0.2) is 0 Å². The number of carbonyl (C=O) groups excluding carboxylic acids is 1. The maximum Gasteiger partial charge on any atom is 0.222 e. The summed E-state index contributed by atoms with van der Waals surface area (Å²) in [5.41, 5.74) is 0. The van der Waals surface area contributed by atoms with Gasteiger partial charge in [-0.25, -0.2) is 4.98 Å². The molecule has 1 aliphatic rings. The Morgan fingerprint density at radius 1 is 1.53 bits per heavy atom. The molecule has 1 aromatic heterocycles. The Labute approximate surface area is 126 Å². The Hall–Kier alpha value is -0.780. The Balaban J connectivity index is 0.00000162. The number of hydrogen-bond donors (Lipinski definition) is 2. The lowest BCUT2D eigenvalue weighted by molar-refractivity contribution is -0.122. The minimum atomic E-state index is 0. The Kier molecular flexibility index (Phi) is 8.80. The fourth-order valence-corrected chi connectivity index (χ4v) is 2.11. The summed E-state index contributed by atoms with van der Waals surface area (Å²) in [5, 5.41) is 6.41. The van der Waals surface area contributed by atoms with Crippen molar-refractivity contribution in [3.63, 3.8) is 0 Å². The van der Waals surface area contributed by atoms with Crippen LogP contribution in [0, 0.1) is 5.92 Å². The van der Waals surface area contributed by atoms with Crippen LogP contribution in [0.2, 0.25) is 0 Å². The van der Waals surface area contributed by atoms with Crippen LogP contribution in [0.15, 0.2) is 18.7 Å². The van der Waals surface area contributed by atoms with E-state index >= 15 is 0 Å². The maximum atomic E-state index is 11.8. The Morgan fingerprint density at radius 3 is 2.95 bits per heavy atom. The Morgan fingerprint density at radius 2 is 2.32 bits per heavy atom. The molecular formula is C12H22Cl2N4O. The summed E-state index contributed by atoms with van der Waals surface area (Å²) < 4.78 is 1.92. The van der Waals surface area contributed by atoms with Gasteiger partial charge >= 0.3 is 0 Å². The van der Waals surface area contributed by atoms with E-state index in [1.807, 2.05) is 10.8 Å². The van der Waals surface area contributed by atoms with Gasteiger partial charge in [0.25, 0.3) is 0 Å². The number of amides is 1. The second-order valence-corrected chi connectivity index (χ2v) is 4.69. The molecule has 19 heavy (non-hydrogen) atoms. The molecule has 0 spiro atoms. The second kappa shape index (κ2) is 9.18. The van der Waals surface area contributed by atoms with Crippen molar-refractivity contribution in [2.75, 3.05) is 13.1 Å². The number of imidazole rings is 1. The van der Waals surface area contributed by atoms with Crippen molar-refractivity contribution in [1.82, 2.24) is 20.2 Å². The lowest BCUT2D eigenvalue weighted by Crippen LogP contribution is -2.50. The van der Waals surface area contributed by atoms with Crippen LogP contribution in [-0.4, -0.2) is 34.6 Å². The minimum Gasteiger partial charge on any atom is -0.352 e. The summed E-state index contributed by atoms with van der Waals surface area (Å²) >= 11 is 0. The van der Waals surface area contributed by atoms with Gasteiger partial charge in [-0.15, -0.1) is 24.8 Å². The second-order valence-electron chi connectivity index (χ2n) is 4.69. The van der Waals surface area contributed by atoms with Crippen LogP contribution in [0.3, 0.4) is 0 Å². The van der Waals surface area contributed by atoms with E-state index in [4.69, 9.17) is 0 Å². The normalized spacial score (nSPS) is 21.9. The predicted molar refractivity (Wildman–Crippen MR) is 79.9 cm³/mol. The standard InChI is InChI=1S/C12H20N4O.2ClH/c1-10-2-4-13-8-11(10)15-12(17)3-6-16-7-5-14-9-16;;/h5,7,9-11,13H,2-4,6,8H2,1H3,(H,15,17);2*1H. The molecule has 2 rings (SSSR count). The molecule has 2 N–H and O–H groups in total. The van der Waals surface area contributed by atoms with Crippen molar-refractivity contribution in [1.29, 1.82) is 0 Å². The summed E-state index contributed by atoms with van der Waals surface area (Å²) in [6, 6.07) is 0.277. The summed E-state index contributed by atoms with van der Waals surface area (Å²) in [5.74, 6) is 0.688. The fraction of sp³-hybridized carbons (Fsp3) is 0.667. The zero-order valence-corrected chi connectivity index (χ0v) is 12.7. The third kappa shape index (κ3) is 5.80. The summed E-state index contributed by atoms with van der Waals surface area (Å²) in [6.07, 6.45) is 6.98. The molecule has 7 heteroatoms. The molecule has 1 fully saturated rings. The highest BCUT2D eigenvalue weighted by atomic mass is 35.5. The molecule has 2 atom stereocenters. The molecule has 2 heterocycles. The highest BCUT2D eigenvalue weighted by Gasteiger charge is 2.22. The van der Waals surface area contributed by atoms with Crippen LogP contribution in [0.4, 0.5) is 0 Å². The number of carbonyl (C=O) groups is 1.